The number of ether oxygens (including phenoxy) is 2. The van der Waals surface area contributed by atoms with Gasteiger partial charge in [-0.25, -0.2) is 0 Å². The number of hydrogen-bond acceptors (Lipinski definition) is 6. The minimum Gasteiger partial charge on any atom is -0.504 e. The van der Waals surface area contributed by atoms with Gasteiger partial charge in [0.1, 0.15) is 16.7 Å². The summed E-state index contributed by atoms with van der Waals surface area (Å²) in [6, 6.07) is 13.3. The lowest BCUT2D eigenvalue weighted by Crippen LogP contribution is -2.02. The van der Waals surface area contributed by atoms with Gasteiger partial charge in [-0.3, -0.25) is 4.79 Å². The van der Waals surface area contributed by atoms with E-state index in [9.17, 15) is 15.0 Å². The van der Waals surface area contributed by atoms with Crippen LogP contribution in [0.2, 0.25) is 0 Å². The van der Waals surface area contributed by atoms with Gasteiger partial charge in [-0.2, -0.15) is 0 Å². The first kappa shape index (κ1) is 16.8. The number of benzene rings is 3. The molecule has 0 aliphatic rings. The summed E-state index contributed by atoms with van der Waals surface area (Å²) in [5.41, 5.74) is 0.362. The van der Waals surface area contributed by atoms with Gasteiger partial charge < -0.3 is 24.1 Å². The quantitative estimate of drug-likeness (QED) is 0.421. The normalized spacial score (nSPS) is 11.0. The first-order valence-corrected chi connectivity index (χ1v) is 8.18. The molecule has 2 N–H and O–H groups in total. The molecule has 136 valence electrons. The Bertz CT molecular complexity index is 1240. The molecule has 0 aliphatic heterocycles. The molecule has 6 heteroatoms. The van der Waals surface area contributed by atoms with E-state index in [2.05, 4.69) is 0 Å². The molecule has 27 heavy (non-hydrogen) atoms. The van der Waals surface area contributed by atoms with E-state index < -0.39 is 11.2 Å². The summed E-state index contributed by atoms with van der Waals surface area (Å²) in [4.78, 5) is 12.7. The second kappa shape index (κ2) is 6.25. The summed E-state index contributed by atoms with van der Waals surface area (Å²) < 4.78 is 16.5. The van der Waals surface area contributed by atoms with E-state index in [4.69, 9.17) is 13.9 Å². The highest BCUT2D eigenvalue weighted by Gasteiger charge is 2.19. The molecule has 0 atom stereocenters. The van der Waals surface area contributed by atoms with E-state index in [0.29, 0.717) is 33.6 Å². The zero-order valence-electron chi connectivity index (χ0n) is 14.6. The number of phenolic OH excluding ortho intramolecular Hbond substituents is 2. The van der Waals surface area contributed by atoms with Crippen molar-refractivity contribution in [3.05, 3.63) is 58.8 Å². The Hall–Kier alpha value is -3.67. The number of hydrogen-bond donors (Lipinski definition) is 2. The third-order valence-corrected chi connectivity index (χ3v) is 4.50. The van der Waals surface area contributed by atoms with Gasteiger partial charge in [0.2, 0.25) is 0 Å². The maximum atomic E-state index is 12.7. The van der Waals surface area contributed by atoms with Crippen LogP contribution in [0.3, 0.4) is 0 Å². The van der Waals surface area contributed by atoms with Crippen LogP contribution in [-0.2, 0) is 0 Å². The topological polar surface area (TPSA) is 89.1 Å². The van der Waals surface area contributed by atoms with Crippen molar-refractivity contribution in [3.63, 3.8) is 0 Å². The number of rotatable bonds is 3. The average Bonchev–Trinajstić information content (AvgIpc) is 2.70. The van der Waals surface area contributed by atoms with Crippen molar-refractivity contribution in [2.24, 2.45) is 0 Å². The first-order chi connectivity index (χ1) is 13.0. The zero-order chi connectivity index (χ0) is 19.1. The van der Waals surface area contributed by atoms with Crippen molar-refractivity contribution in [3.8, 4) is 34.3 Å². The highest BCUT2D eigenvalue weighted by atomic mass is 16.5. The van der Waals surface area contributed by atoms with Crippen LogP contribution in [0.1, 0.15) is 0 Å². The third-order valence-electron chi connectivity index (χ3n) is 4.50. The van der Waals surface area contributed by atoms with Gasteiger partial charge in [0.15, 0.2) is 28.4 Å². The number of methoxy groups -OCH3 is 2. The highest BCUT2D eigenvalue weighted by molar-refractivity contribution is 6.10. The molecule has 0 amide bonds. The predicted octanol–water partition coefficient (Wildman–Crippen LogP) is 4.04. The lowest BCUT2D eigenvalue weighted by molar-refractivity contribution is 0.355. The molecule has 4 aromatic rings. The SMILES string of the molecule is COc1ccc(-c2cc(=O)c3c(O)c(O)c4ccccc4c3o2)cc1OC. The molecule has 0 saturated carbocycles. The van der Waals surface area contributed by atoms with E-state index in [1.807, 2.05) is 0 Å². The van der Waals surface area contributed by atoms with Crippen molar-refractivity contribution < 1.29 is 24.1 Å². The van der Waals surface area contributed by atoms with Crippen LogP contribution in [0.5, 0.6) is 23.0 Å². The minimum atomic E-state index is -0.490. The first-order valence-electron chi connectivity index (χ1n) is 8.18. The van der Waals surface area contributed by atoms with Gasteiger partial charge in [0.05, 0.1) is 14.2 Å². The average molecular weight is 364 g/mol. The van der Waals surface area contributed by atoms with Gasteiger partial charge in [0, 0.05) is 22.4 Å². The largest absolute Gasteiger partial charge is 0.504 e. The summed E-state index contributed by atoms with van der Waals surface area (Å²) in [6.07, 6.45) is 0. The van der Waals surface area contributed by atoms with Crippen LogP contribution >= 0.6 is 0 Å². The van der Waals surface area contributed by atoms with Crippen molar-refractivity contribution in [1.29, 1.82) is 0 Å². The monoisotopic (exact) mass is 364 g/mol. The molecular weight excluding hydrogens is 348 g/mol. The molecule has 0 bridgehead atoms. The van der Waals surface area contributed by atoms with Crippen LogP contribution in [0.15, 0.2) is 57.7 Å². The Labute approximate surface area is 153 Å². The Balaban J connectivity index is 2.06. The van der Waals surface area contributed by atoms with Crippen LogP contribution in [0.25, 0.3) is 33.1 Å². The van der Waals surface area contributed by atoms with Crippen molar-refractivity contribution in [2.75, 3.05) is 14.2 Å². The standard InChI is InChI=1S/C21H16O6/c1-25-15-8-7-11(9-17(15)26-2)16-10-14(22)18-20(24)19(23)12-5-3-4-6-13(12)21(18)27-16/h3-10,23-24H,1-2H3. The maximum Gasteiger partial charge on any atom is 0.197 e. The van der Waals surface area contributed by atoms with Crippen molar-refractivity contribution in [1.82, 2.24) is 0 Å². The summed E-state index contributed by atoms with van der Waals surface area (Å²) in [6.45, 7) is 0. The van der Waals surface area contributed by atoms with E-state index in [0.717, 1.165) is 0 Å². The smallest absolute Gasteiger partial charge is 0.197 e. The van der Waals surface area contributed by atoms with Crippen LogP contribution < -0.4 is 14.9 Å². The molecule has 3 aromatic carbocycles. The molecule has 1 heterocycles. The Morgan fingerprint density at radius 2 is 1.56 bits per heavy atom. The number of aromatic hydroxyl groups is 2. The molecular formula is C21H16O6. The fourth-order valence-corrected chi connectivity index (χ4v) is 3.17. The van der Waals surface area contributed by atoms with Gasteiger partial charge in [0.25, 0.3) is 0 Å². The summed E-state index contributed by atoms with van der Waals surface area (Å²) in [5, 5.41) is 21.4. The second-order valence-electron chi connectivity index (χ2n) is 5.99. The van der Waals surface area contributed by atoms with Crippen molar-refractivity contribution in [2.45, 2.75) is 0 Å². The molecule has 0 unspecified atom stereocenters. The van der Waals surface area contributed by atoms with Gasteiger partial charge in [-0.05, 0) is 18.2 Å². The molecule has 4 rings (SSSR count). The maximum absolute atomic E-state index is 12.7. The fraction of sp³-hybridized carbons (Fsp3) is 0.0952. The number of phenols is 2. The van der Waals surface area contributed by atoms with Crippen LogP contribution in [-0.4, -0.2) is 24.4 Å². The third kappa shape index (κ3) is 2.54. The number of fused-ring (bicyclic) bond motifs is 3. The minimum absolute atomic E-state index is 0.0598. The van der Waals surface area contributed by atoms with E-state index >= 15 is 0 Å². The molecule has 0 spiro atoms. The van der Waals surface area contributed by atoms with Gasteiger partial charge >= 0.3 is 0 Å². The lowest BCUT2D eigenvalue weighted by Gasteiger charge is -2.11. The van der Waals surface area contributed by atoms with Crippen LogP contribution in [0.4, 0.5) is 0 Å². The molecule has 0 radical (unpaired) electrons. The molecule has 0 fully saturated rings. The van der Waals surface area contributed by atoms with Gasteiger partial charge in [-0.1, -0.05) is 24.3 Å². The van der Waals surface area contributed by atoms with Crippen molar-refractivity contribution >= 4 is 21.7 Å². The fourth-order valence-electron chi connectivity index (χ4n) is 3.17. The van der Waals surface area contributed by atoms with Crippen LogP contribution in [0, 0.1) is 0 Å². The van der Waals surface area contributed by atoms with E-state index in [1.54, 1.807) is 42.5 Å². The van der Waals surface area contributed by atoms with E-state index in [1.165, 1.54) is 20.3 Å². The highest BCUT2D eigenvalue weighted by Crippen LogP contribution is 2.42. The summed E-state index contributed by atoms with van der Waals surface area (Å²) in [7, 11) is 3.06. The summed E-state index contributed by atoms with van der Waals surface area (Å²) >= 11 is 0. The molecule has 1 aromatic heterocycles. The Kier molecular flexibility index (Phi) is 3.88. The molecule has 0 saturated heterocycles. The predicted molar refractivity (Wildman–Crippen MR) is 102 cm³/mol. The zero-order valence-corrected chi connectivity index (χ0v) is 14.6. The molecule has 0 aliphatic carbocycles. The Morgan fingerprint density at radius 3 is 2.26 bits per heavy atom. The molecule has 6 nitrogen and oxygen atoms in total. The second-order valence-corrected chi connectivity index (χ2v) is 5.99. The van der Waals surface area contributed by atoms with Gasteiger partial charge in [-0.15, -0.1) is 0 Å². The lowest BCUT2D eigenvalue weighted by atomic mass is 10.0. The van der Waals surface area contributed by atoms with E-state index in [-0.39, 0.29) is 16.7 Å². The summed E-state index contributed by atoms with van der Waals surface area (Å²) in [5.74, 6) is 0.526. The Morgan fingerprint density at radius 1 is 0.852 bits per heavy atom.